The zero-order valence-corrected chi connectivity index (χ0v) is 6.36. The molecule has 6 heteroatoms. The number of benzene rings is 1. The first-order chi connectivity index (χ1) is 5.86. The van der Waals surface area contributed by atoms with Crippen LogP contribution in [0.25, 0.3) is 0 Å². The van der Waals surface area contributed by atoms with Crippen LogP contribution >= 0.6 is 0 Å². The van der Waals surface area contributed by atoms with Crippen LogP contribution in [-0.4, -0.2) is 20.0 Å². The average molecular weight is 163 g/mol. The molecule has 0 bridgehead atoms. The van der Waals surface area contributed by atoms with Crippen LogP contribution < -0.4 is 10.1 Å². The molecule has 0 radical (unpaired) electrons. The molecule has 0 aliphatic heterocycles. The van der Waals surface area contributed by atoms with Gasteiger partial charge in [0.15, 0.2) is 0 Å². The Morgan fingerprint density at radius 1 is 1.33 bits per heavy atom. The molecule has 2 N–H and O–H groups in total. The summed E-state index contributed by atoms with van der Waals surface area (Å²) >= 11 is 0. The van der Waals surface area contributed by atoms with Crippen molar-refractivity contribution in [3.8, 4) is 5.75 Å². The Labute approximate surface area is 71.1 Å². The van der Waals surface area contributed by atoms with Crippen LogP contribution in [0, 0.1) is 5.31 Å². The fourth-order valence-electron chi connectivity index (χ4n) is 0.807. The molecular formula is C6H7B2NO3. The number of hydrogen-bond acceptors (Lipinski definition) is 4. The second-order valence-electron chi connectivity index (χ2n) is 2.15. The predicted molar refractivity (Wildman–Crippen MR) is 46.0 cm³/mol. The van der Waals surface area contributed by atoms with E-state index in [1.807, 2.05) is 0 Å². The first-order valence-electron chi connectivity index (χ1n) is 3.37. The average Bonchev–Trinajstić information content (AvgIpc) is 2.09. The Morgan fingerprint density at radius 2 is 2.00 bits per heavy atom. The van der Waals surface area contributed by atoms with Crippen LogP contribution in [0.3, 0.4) is 0 Å². The van der Waals surface area contributed by atoms with Gasteiger partial charge >= 0.3 is 70.3 Å². The van der Waals surface area contributed by atoms with E-state index in [9.17, 15) is 0 Å². The Kier molecular flexibility index (Phi) is 3.50. The molecular weight excluding hydrogens is 156 g/mol. The third kappa shape index (κ3) is 2.48. The van der Waals surface area contributed by atoms with E-state index >= 15 is 0 Å². The van der Waals surface area contributed by atoms with Crippen LogP contribution in [0.1, 0.15) is 0 Å². The SMILES string of the molecule is N=BOc1ccc(BOO)cc1. The molecule has 0 aliphatic rings. The maximum atomic E-state index is 8.12. The molecule has 0 spiro atoms. The van der Waals surface area contributed by atoms with E-state index in [1.165, 1.54) is 0 Å². The number of nitrogens with one attached hydrogen (secondary N) is 1. The summed E-state index contributed by atoms with van der Waals surface area (Å²) in [4.78, 5) is 3.94. The van der Waals surface area contributed by atoms with Crippen molar-refractivity contribution in [1.29, 1.82) is 5.31 Å². The van der Waals surface area contributed by atoms with E-state index in [2.05, 4.69) is 4.81 Å². The van der Waals surface area contributed by atoms with Crippen molar-refractivity contribution < 1.29 is 14.7 Å². The Hall–Kier alpha value is -1.13. The minimum absolute atomic E-state index is 0.158. The van der Waals surface area contributed by atoms with E-state index in [0.29, 0.717) is 5.75 Å². The molecule has 12 heavy (non-hydrogen) atoms. The van der Waals surface area contributed by atoms with Gasteiger partial charge in [0.2, 0.25) is 0 Å². The van der Waals surface area contributed by atoms with E-state index in [-0.39, 0.29) is 7.48 Å². The molecule has 1 rings (SSSR count). The quantitative estimate of drug-likeness (QED) is 0.370. The van der Waals surface area contributed by atoms with Crippen molar-refractivity contribution in [1.82, 2.24) is 0 Å². The van der Waals surface area contributed by atoms with E-state index < -0.39 is 0 Å². The first-order valence-corrected chi connectivity index (χ1v) is 3.37. The van der Waals surface area contributed by atoms with Crippen molar-refractivity contribution in [2.24, 2.45) is 0 Å². The van der Waals surface area contributed by atoms with Gasteiger partial charge in [-0.05, 0) is 0 Å². The molecule has 0 heterocycles. The molecule has 4 nitrogen and oxygen atoms in total. The molecule has 0 aromatic heterocycles. The summed E-state index contributed by atoms with van der Waals surface area (Å²) in [5.74, 6) is 0.590. The van der Waals surface area contributed by atoms with E-state index in [0.717, 1.165) is 12.7 Å². The second-order valence-corrected chi connectivity index (χ2v) is 2.15. The van der Waals surface area contributed by atoms with Crippen molar-refractivity contribution in [2.45, 2.75) is 0 Å². The van der Waals surface area contributed by atoms with Crippen molar-refractivity contribution >= 4 is 20.2 Å². The molecule has 0 unspecified atom stereocenters. The fourth-order valence-corrected chi connectivity index (χ4v) is 0.807. The van der Waals surface area contributed by atoms with Crippen molar-refractivity contribution in [3.63, 3.8) is 0 Å². The molecule has 0 fully saturated rings. The topological polar surface area (TPSA) is 62.5 Å². The molecule has 1 aromatic rings. The molecule has 1 aromatic carbocycles. The van der Waals surface area contributed by atoms with Gasteiger partial charge in [-0.2, -0.15) is 0 Å². The maximum absolute atomic E-state index is 8.12. The van der Waals surface area contributed by atoms with Gasteiger partial charge in [-0.3, -0.25) is 0 Å². The normalized spacial score (nSPS) is 8.75. The van der Waals surface area contributed by atoms with Crippen LogP contribution in [-0.2, 0) is 4.81 Å². The van der Waals surface area contributed by atoms with E-state index in [4.69, 9.17) is 15.2 Å². The van der Waals surface area contributed by atoms with Gasteiger partial charge in [0.1, 0.15) is 0 Å². The molecule has 0 saturated carbocycles. The third-order valence-electron chi connectivity index (χ3n) is 1.35. The summed E-state index contributed by atoms with van der Waals surface area (Å²) in [7, 11) is 1.02. The van der Waals surface area contributed by atoms with Gasteiger partial charge in [-0.25, -0.2) is 0 Å². The third-order valence-corrected chi connectivity index (χ3v) is 1.35. The van der Waals surface area contributed by atoms with Gasteiger partial charge in [0.25, 0.3) is 0 Å². The van der Waals surface area contributed by atoms with Gasteiger partial charge < -0.3 is 0 Å². The zero-order chi connectivity index (χ0) is 8.81. The summed E-state index contributed by atoms with van der Waals surface area (Å²) < 4.78 is 4.78. The van der Waals surface area contributed by atoms with Crippen LogP contribution in [0.15, 0.2) is 24.3 Å². The summed E-state index contributed by atoms with van der Waals surface area (Å²) in [6.45, 7) is 0. The van der Waals surface area contributed by atoms with Crippen LogP contribution in [0.4, 0.5) is 0 Å². The number of hydrogen-bond donors (Lipinski definition) is 2. The van der Waals surface area contributed by atoms with Crippen LogP contribution in [0.2, 0.25) is 0 Å². The fraction of sp³-hybridized carbons (Fsp3) is 0. The molecule has 60 valence electrons. The summed E-state index contributed by atoms with van der Waals surface area (Å²) in [6, 6.07) is 6.88. The minimum atomic E-state index is 0.158. The molecule has 0 saturated heterocycles. The monoisotopic (exact) mass is 163 g/mol. The van der Waals surface area contributed by atoms with E-state index in [1.54, 1.807) is 24.3 Å². The Balaban J connectivity index is 2.64. The zero-order valence-electron chi connectivity index (χ0n) is 6.36. The first kappa shape index (κ1) is 8.96. The molecule has 0 aliphatic carbocycles. The summed E-state index contributed by atoms with van der Waals surface area (Å²) in [6.07, 6.45) is 0. The molecule has 0 atom stereocenters. The van der Waals surface area contributed by atoms with Gasteiger partial charge in [0, 0.05) is 0 Å². The summed E-state index contributed by atoms with van der Waals surface area (Å²) in [5, 5.41) is 14.8. The Bertz CT molecular complexity index is 251. The second kappa shape index (κ2) is 4.69. The predicted octanol–water partition coefficient (Wildman–Crippen LogP) is -0.0866. The van der Waals surface area contributed by atoms with Crippen molar-refractivity contribution in [3.05, 3.63) is 24.3 Å². The molecule has 0 amide bonds. The number of rotatable bonds is 4. The van der Waals surface area contributed by atoms with Gasteiger partial charge in [-0.1, -0.05) is 0 Å². The summed E-state index contributed by atoms with van der Waals surface area (Å²) in [5.41, 5.74) is 0.842. The van der Waals surface area contributed by atoms with Gasteiger partial charge in [-0.15, -0.1) is 0 Å². The Morgan fingerprint density at radius 3 is 2.50 bits per heavy atom. The standard InChI is InChI=1S/C6H7B2NO3/c9-8-11-6-3-1-5(2-4-6)7-12-10/h1-4,7,9-10H. The van der Waals surface area contributed by atoms with Crippen molar-refractivity contribution in [2.75, 3.05) is 0 Å². The van der Waals surface area contributed by atoms with Crippen LogP contribution in [0.5, 0.6) is 5.75 Å². The van der Waals surface area contributed by atoms with Gasteiger partial charge in [0.05, 0.1) is 0 Å².